The van der Waals surface area contributed by atoms with Crippen LogP contribution in [0.3, 0.4) is 0 Å². The molecule has 0 amide bonds. The second-order valence-corrected chi connectivity index (χ2v) is 5.53. The second kappa shape index (κ2) is 5.16. The van der Waals surface area contributed by atoms with Crippen molar-refractivity contribution in [3.63, 3.8) is 0 Å². The third-order valence-electron chi connectivity index (χ3n) is 4.17. The van der Waals surface area contributed by atoms with Gasteiger partial charge in [-0.25, -0.2) is 0 Å². The Morgan fingerprint density at radius 2 is 1.32 bits per heavy atom. The molecule has 4 aromatic carbocycles. The highest BCUT2D eigenvalue weighted by atomic mass is 14.1. The highest BCUT2D eigenvalue weighted by Crippen LogP contribution is 2.32. The van der Waals surface area contributed by atoms with Gasteiger partial charge < -0.3 is 0 Å². The molecular weight excluding hydrogens is 264 g/mol. The van der Waals surface area contributed by atoms with E-state index in [0.717, 1.165) is 0 Å². The summed E-state index contributed by atoms with van der Waals surface area (Å²) in [5, 5.41) is 7.74. The first-order valence-corrected chi connectivity index (χ1v) is 7.50. The zero-order chi connectivity index (χ0) is 14.9. The molecule has 4 rings (SSSR count). The van der Waals surface area contributed by atoms with E-state index in [4.69, 9.17) is 0 Å². The number of fused-ring (bicyclic) bond motifs is 4. The maximum atomic E-state index is 3.77. The van der Waals surface area contributed by atoms with E-state index < -0.39 is 0 Å². The summed E-state index contributed by atoms with van der Waals surface area (Å²) in [5.74, 6) is 0. The van der Waals surface area contributed by atoms with Gasteiger partial charge in [0, 0.05) is 0 Å². The predicted molar refractivity (Wildman–Crippen MR) is 98.2 cm³/mol. The Bertz CT molecular complexity index is 1040. The van der Waals surface area contributed by atoms with Crippen molar-refractivity contribution in [1.29, 1.82) is 0 Å². The standard InChI is InChI=1S/C22H16/c1-2-3-8-18-14-19-13-16-9-4-5-10-17(16)15-22(19)21-12-7-6-11-20(18)21/h2-15H,1H2. The van der Waals surface area contributed by atoms with Crippen LogP contribution in [0.25, 0.3) is 38.4 Å². The van der Waals surface area contributed by atoms with E-state index in [9.17, 15) is 0 Å². The molecule has 0 spiro atoms. The molecule has 0 unspecified atom stereocenters. The zero-order valence-electron chi connectivity index (χ0n) is 12.3. The van der Waals surface area contributed by atoms with Crippen LogP contribution in [0.2, 0.25) is 0 Å². The number of hydrogen-bond acceptors (Lipinski definition) is 0. The molecule has 0 atom stereocenters. The van der Waals surface area contributed by atoms with Crippen molar-refractivity contribution in [3.05, 3.63) is 91.0 Å². The van der Waals surface area contributed by atoms with Crippen molar-refractivity contribution in [2.45, 2.75) is 0 Å². The fourth-order valence-electron chi connectivity index (χ4n) is 3.14. The minimum Gasteiger partial charge on any atom is -0.0991 e. The topological polar surface area (TPSA) is 0 Å². The summed E-state index contributed by atoms with van der Waals surface area (Å²) in [4.78, 5) is 0. The SMILES string of the molecule is C=CC=Cc1cc2cc3ccccc3cc2c2ccccc12. The lowest BCUT2D eigenvalue weighted by Gasteiger charge is -2.09. The minimum absolute atomic E-state index is 1.23. The Kier molecular flexibility index (Phi) is 3.01. The first-order chi connectivity index (χ1) is 10.9. The lowest BCUT2D eigenvalue weighted by atomic mass is 9.94. The van der Waals surface area contributed by atoms with E-state index in [2.05, 4.69) is 79.4 Å². The van der Waals surface area contributed by atoms with Crippen molar-refractivity contribution >= 4 is 38.4 Å². The van der Waals surface area contributed by atoms with Gasteiger partial charge in [0.15, 0.2) is 0 Å². The summed E-state index contributed by atoms with van der Waals surface area (Å²) in [7, 11) is 0. The lowest BCUT2D eigenvalue weighted by molar-refractivity contribution is 1.75. The van der Waals surface area contributed by atoms with Crippen molar-refractivity contribution < 1.29 is 0 Å². The van der Waals surface area contributed by atoms with E-state index in [0.29, 0.717) is 0 Å². The van der Waals surface area contributed by atoms with E-state index in [1.54, 1.807) is 0 Å². The normalized spacial score (nSPS) is 11.6. The molecule has 0 aliphatic heterocycles. The van der Waals surface area contributed by atoms with Gasteiger partial charge in [-0.05, 0) is 56.1 Å². The number of rotatable bonds is 2. The van der Waals surface area contributed by atoms with Crippen molar-refractivity contribution in [2.24, 2.45) is 0 Å². The van der Waals surface area contributed by atoms with Crippen LogP contribution >= 0.6 is 0 Å². The molecule has 4 aromatic rings. The van der Waals surface area contributed by atoms with Crippen molar-refractivity contribution in [1.82, 2.24) is 0 Å². The second-order valence-electron chi connectivity index (χ2n) is 5.53. The van der Waals surface area contributed by atoms with Crippen molar-refractivity contribution in [3.8, 4) is 0 Å². The number of benzene rings is 4. The molecule has 0 aliphatic carbocycles. The van der Waals surface area contributed by atoms with Gasteiger partial charge in [0.2, 0.25) is 0 Å². The average Bonchev–Trinajstić information content (AvgIpc) is 2.58. The van der Waals surface area contributed by atoms with Crippen molar-refractivity contribution in [2.75, 3.05) is 0 Å². The Hall–Kier alpha value is -2.86. The molecule has 0 fully saturated rings. The van der Waals surface area contributed by atoms with Gasteiger partial charge in [-0.3, -0.25) is 0 Å². The molecule has 0 aromatic heterocycles. The quantitative estimate of drug-likeness (QED) is 0.228. The van der Waals surface area contributed by atoms with Gasteiger partial charge >= 0.3 is 0 Å². The molecule has 104 valence electrons. The Labute approximate surface area is 130 Å². The van der Waals surface area contributed by atoms with Crippen LogP contribution < -0.4 is 0 Å². The first-order valence-electron chi connectivity index (χ1n) is 7.50. The summed E-state index contributed by atoms with van der Waals surface area (Å²) in [6, 6.07) is 24.0. The maximum Gasteiger partial charge on any atom is -0.00986 e. The molecule has 0 N–H and O–H groups in total. The Balaban J connectivity index is 2.18. The van der Waals surface area contributed by atoms with Crippen LogP contribution in [0.5, 0.6) is 0 Å². The first kappa shape index (κ1) is 12.8. The summed E-state index contributed by atoms with van der Waals surface area (Å²) < 4.78 is 0. The third-order valence-corrected chi connectivity index (χ3v) is 4.17. The Morgan fingerprint density at radius 3 is 2.09 bits per heavy atom. The summed E-state index contributed by atoms with van der Waals surface area (Å²) in [5.41, 5.74) is 1.23. The van der Waals surface area contributed by atoms with Gasteiger partial charge in [-0.15, -0.1) is 0 Å². The van der Waals surface area contributed by atoms with Gasteiger partial charge in [-0.1, -0.05) is 73.3 Å². The molecule has 0 nitrogen and oxygen atoms in total. The summed E-state index contributed by atoms with van der Waals surface area (Å²) >= 11 is 0. The van der Waals surface area contributed by atoms with Gasteiger partial charge in [0.05, 0.1) is 0 Å². The molecule has 0 bridgehead atoms. The highest BCUT2D eigenvalue weighted by molar-refractivity contribution is 6.14. The largest absolute Gasteiger partial charge is 0.0991 e. The van der Waals surface area contributed by atoms with Crippen LogP contribution in [-0.4, -0.2) is 0 Å². The van der Waals surface area contributed by atoms with E-state index in [1.807, 2.05) is 12.2 Å². The molecule has 0 aliphatic rings. The van der Waals surface area contributed by atoms with Gasteiger partial charge in [0.1, 0.15) is 0 Å². The summed E-state index contributed by atoms with van der Waals surface area (Å²) in [6.45, 7) is 3.77. The molecule has 0 saturated carbocycles. The molecule has 0 saturated heterocycles. The van der Waals surface area contributed by atoms with Crippen LogP contribution in [0, 0.1) is 0 Å². The fraction of sp³-hybridized carbons (Fsp3) is 0. The lowest BCUT2D eigenvalue weighted by Crippen LogP contribution is -1.83. The van der Waals surface area contributed by atoms with E-state index >= 15 is 0 Å². The molecule has 22 heavy (non-hydrogen) atoms. The predicted octanol–water partition coefficient (Wildman–Crippen LogP) is 6.35. The molecular formula is C22H16. The number of hydrogen-bond donors (Lipinski definition) is 0. The monoisotopic (exact) mass is 280 g/mol. The fourth-order valence-corrected chi connectivity index (χ4v) is 3.14. The Morgan fingerprint density at radius 1 is 0.636 bits per heavy atom. The highest BCUT2D eigenvalue weighted by Gasteiger charge is 2.06. The van der Waals surface area contributed by atoms with E-state index in [-0.39, 0.29) is 0 Å². The van der Waals surface area contributed by atoms with Gasteiger partial charge in [-0.2, -0.15) is 0 Å². The maximum absolute atomic E-state index is 3.77. The van der Waals surface area contributed by atoms with Crippen LogP contribution in [0.4, 0.5) is 0 Å². The van der Waals surface area contributed by atoms with Crippen LogP contribution in [0.1, 0.15) is 5.56 Å². The van der Waals surface area contributed by atoms with Gasteiger partial charge in [0.25, 0.3) is 0 Å². The molecule has 0 radical (unpaired) electrons. The summed E-state index contributed by atoms with van der Waals surface area (Å²) in [6.07, 6.45) is 5.94. The van der Waals surface area contributed by atoms with E-state index in [1.165, 1.54) is 37.9 Å². The molecule has 0 heterocycles. The zero-order valence-corrected chi connectivity index (χ0v) is 12.3. The average molecular weight is 280 g/mol. The smallest absolute Gasteiger partial charge is 0.00986 e. The minimum atomic E-state index is 1.23. The number of allylic oxidation sites excluding steroid dienone is 2. The van der Waals surface area contributed by atoms with Crippen LogP contribution in [-0.2, 0) is 0 Å². The molecule has 0 heteroatoms. The van der Waals surface area contributed by atoms with Crippen LogP contribution in [0.15, 0.2) is 85.5 Å². The third kappa shape index (κ3) is 2.01.